The van der Waals surface area contributed by atoms with E-state index in [2.05, 4.69) is 15.8 Å². The number of methoxy groups -OCH3 is 1. The number of benzene rings is 2. The van der Waals surface area contributed by atoms with Gasteiger partial charge in [0.05, 0.1) is 19.9 Å². The molecule has 2 aromatic carbocycles. The fraction of sp³-hybridized carbons (Fsp3) is 0.250. The van der Waals surface area contributed by atoms with Crippen LogP contribution in [-0.4, -0.2) is 31.7 Å². The van der Waals surface area contributed by atoms with Crippen molar-refractivity contribution in [3.05, 3.63) is 59.7 Å². The van der Waals surface area contributed by atoms with E-state index < -0.39 is 11.8 Å². The van der Waals surface area contributed by atoms with E-state index in [0.29, 0.717) is 17.9 Å². The highest BCUT2D eigenvalue weighted by Crippen LogP contribution is 2.15. The summed E-state index contributed by atoms with van der Waals surface area (Å²) in [7, 11) is 1.58. The molecule has 0 aliphatic heterocycles. The van der Waals surface area contributed by atoms with Gasteiger partial charge < -0.3 is 14.8 Å². The van der Waals surface area contributed by atoms with Gasteiger partial charge in [0.25, 0.3) is 0 Å². The molecule has 2 aromatic rings. The van der Waals surface area contributed by atoms with E-state index in [4.69, 9.17) is 9.47 Å². The van der Waals surface area contributed by atoms with Crippen molar-refractivity contribution >= 4 is 18.0 Å². The Hall–Kier alpha value is -3.35. The quantitative estimate of drug-likeness (QED) is 0.424. The van der Waals surface area contributed by atoms with Crippen LogP contribution in [0.4, 0.5) is 0 Å². The summed E-state index contributed by atoms with van der Waals surface area (Å²) in [6.07, 6.45) is 2.33. The van der Waals surface area contributed by atoms with Crippen LogP contribution in [0.5, 0.6) is 11.5 Å². The number of nitrogens with zero attached hydrogens (tertiary/aromatic N) is 1. The molecule has 0 radical (unpaired) electrons. The maximum Gasteiger partial charge on any atom is 0.329 e. The minimum absolute atomic E-state index is 0.230. The highest BCUT2D eigenvalue weighted by atomic mass is 16.5. The Bertz CT molecular complexity index is 788. The predicted molar refractivity (Wildman–Crippen MR) is 103 cm³/mol. The summed E-state index contributed by atoms with van der Waals surface area (Å²) in [6, 6.07) is 14.5. The molecule has 0 saturated carbocycles. The van der Waals surface area contributed by atoms with Crippen LogP contribution >= 0.6 is 0 Å². The number of hydrazone groups is 1. The molecule has 0 aliphatic carbocycles. The van der Waals surface area contributed by atoms with E-state index in [1.165, 1.54) is 6.21 Å². The zero-order valence-electron chi connectivity index (χ0n) is 15.4. The van der Waals surface area contributed by atoms with Gasteiger partial charge in [0.1, 0.15) is 11.5 Å². The molecule has 0 heterocycles. The van der Waals surface area contributed by atoms with Gasteiger partial charge >= 0.3 is 11.8 Å². The van der Waals surface area contributed by atoms with Gasteiger partial charge in [0, 0.05) is 12.1 Å². The lowest BCUT2D eigenvalue weighted by molar-refractivity contribution is -0.139. The molecule has 0 bridgehead atoms. The molecule has 7 heteroatoms. The van der Waals surface area contributed by atoms with Crippen LogP contribution in [0.1, 0.15) is 24.5 Å². The largest absolute Gasteiger partial charge is 0.497 e. The van der Waals surface area contributed by atoms with Gasteiger partial charge in [-0.05, 0) is 36.2 Å². The lowest BCUT2D eigenvalue weighted by Crippen LogP contribution is -2.37. The summed E-state index contributed by atoms with van der Waals surface area (Å²) < 4.78 is 10.7. The fourth-order valence-corrected chi connectivity index (χ4v) is 2.15. The smallest absolute Gasteiger partial charge is 0.329 e. The molecule has 0 atom stereocenters. The maximum atomic E-state index is 11.8. The van der Waals surface area contributed by atoms with E-state index in [1.54, 1.807) is 19.2 Å². The second-order valence-electron chi connectivity index (χ2n) is 5.62. The first-order valence-corrected chi connectivity index (χ1v) is 8.60. The number of para-hydroxylation sites is 1. The molecule has 142 valence electrons. The number of hydrogen-bond acceptors (Lipinski definition) is 5. The predicted octanol–water partition coefficient (Wildman–Crippen LogP) is 2.25. The van der Waals surface area contributed by atoms with Crippen LogP contribution in [0.2, 0.25) is 0 Å². The lowest BCUT2D eigenvalue weighted by atomic mass is 10.2. The molecule has 0 aromatic heterocycles. The summed E-state index contributed by atoms with van der Waals surface area (Å²) in [5, 5.41) is 6.36. The molecule has 0 unspecified atom stereocenters. The first kappa shape index (κ1) is 20.0. The summed E-state index contributed by atoms with van der Waals surface area (Å²) in [4.78, 5) is 23.7. The minimum Gasteiger partial charge on any atom is -0.497 e. The van der Waals surface area contributed by atoms with Crippen LogP contribution in [0.3, 0.4) is 0 Å². The van der Waals surface area contributed by atoms with Gasteiger partial charge in [-0.3, -0.25) is 9.59 Å². The zero-order chi connectivity index (χ0) is 19.5. The number of carbonyl (C=O) groups is 2. The first-order chi connectivity index (χ1) is 13.1. The molecule has 0 aliphatic rings. The molecular formula is C20H23N3O4. The second-order valence-corrected chi connectivity index (χ2v) is 5.62. The Balaban J connectivity index is 1.83. The fourth-order valence-electron chi connectivity index (χ4n) is 2.15. The van der Waals surface area contributed by atoms with E-state index in [-0.39, 0.29) is 6.54 Å². The van der Waals surface area contributed by atoms with Crippen molar-refractivity contribution in [2.45, 2.75) is 19.9 Å². The van der Waals surface area contributed by atoms with Crippen LogP contribution in [-0.2, 0) is 16.1 Å². The van der Waals surface area contributed by atoms with Crippen molar-refractivity contribution in [1.82, 2.24) is 10.7 Å². The maximum absolute atomic E-state index is 11.8. The van der Waals surface area contributed by atoms with Gasteiger partial charge in [-0.15, -0.1) is 0 Å². The van der Waals surface area contributed by atoms with Gasteiger partial charge in [0.2, 0.25) is 0 Å². The van der Waals surface area contributed by atoms with E-state index in [0.717, 1.165) is 17.7 Å². The standard InChI is InChI=1S/C20H23N3O4/c1-3-12-27-18-7-5-4-6-16(18)14-22-23-20(25)19(24)21-13-15-8-10-17(26-2)11-9-15/h4-11,14H,3,12-13H2,1-2H3,(H,21,24)(H,23,25)/b22-14-. The third-order valence-electron chi connectivity index (χ3n) is 3.57. The molecule has 0 fully saturated rings. The highest BCUT2D eigenvalue weighted by molar-refractivity contribution is 6.35. The third-order valence-corrected chi connectivity index (χ3v) is 3.57. The molecule has 2 amide bonds. The topological polar surface area (TPSA) is 89.0 Å². The van der Waals surface area contributed by atoms with Gasteiger partial charge in [-0.25, -0.2) is 5.43 Å². The monoisotopic (exact) mass is 369 g/mol. The summed E-state index contributed by atoms with van der Waals surface area (Å²) in [5.41, 5.74) is 3.77. The Morgan fingerprint density at radius 2 is 1.81 bits per heavy atom. The van der Waals surface area contributed by atoms with Crippen molar-refractivity contribution in [1.29, 1.82) is 0 Å². The van der Waals surface area contributed by atoms with Crippen molar-refractivity contribution in [2.75, 3.05) is 13.7 Å². The molecular weight excluding hydrogens is 346 g/mol. The van der Waals surface area contributed by atoms with Crippen LogP contribution < -0.4 is 20.2 Å². The average Bonchev–Trinajstić information content (AvgIpc) is 2.71. The highest BCUT2D eigenvalue weighted by Gasteiger charge is 2.12. The van der Waals surface area contributed by atoms with Crippen molar-refractivity contribution in [2.24, 2.45) is 5.10 Å². The SMILES string of the molecule is CCCOc1ccccc1/C=N\NC(=O)C(=O)NCc1ccc(OC)cc1. The van der Waals surface area contributed by atoms with Gasteiger partial charge in [0.15, 0.2) is 0 Å². The van der Waals surface area contributed by atoms with Crippen molar-refractivity contribution in [3.63, 3.8) is 0 Å². The normalized spacial score (nSPS) is 10.4. The number of carbonyl (C=O) groups excluding carboxylic acids is 2. The minimum atomic E-state index is -0.841. The van der Waals surface area contributed by atoms with E-state index in [1.807, 2.05) is 43.3 Å². The number of hydrogen-bond donors (Lipinski definition) is 2. The Morgan fingerprint density at radius 3 is 2.52 bits per heavy atom. The summed E-state index contributed by atoms with van der Waals surface area (Å²) in [6.45, 7) is 2.83. The number of amides is 2. The molecule has 7 nitrogen and oxygen atoms in total. The Kier molecular flexibility index (Phi) is 7.84. The Morgan fingerprint density at radius 1 is 1.07 bits per heavy atom. The Labute approximate surface area is 158 Å². The number of rotatable bonds is 8. The zero-order valence-corrected chi connectivity index (χ0v) is 15.4. The van der Waals surface area contributed by atoms with Gasteiger partial charge in [-0.1, -0.05) is 31.2 Å². The number of nitrogens with one attached hydrogen (secondary N) is 2. The van der Waals surface area contributed by atoms with E-state index in [9.17, 15) is 9.59 Å². The lowest BCUT2D eigenvalue weighted by Gasteiger charge is -2.07. The molecule has 2 rings (SSSR count). The van der Waals surface area contributed by atoms with E-state index >= 15 is 0 Å². The van der Waals surface area contributed by atoms with Gasteiger partial charge in [-0.2, -0.15) is 5.10 Å². The summed E-state index contributed by atoms with van der Waals surface area (Å²) >= 11 is 0. The average molecular weight is 369 g/mol. The third kappa shape index (κ3) is 6.47. The van der Waals surface area contributed by atoms with Crippen LogP contribution in [0.15, 0.2) is 53.6 Å². The molecule has 27 heavy (non-hydrogen) atoms. The molecule has 0 spiro atoms. The molecule has 0 saturated heterocycles. The van der Waals surface area contributed by atoms with Crippen LogP contribution in [0.25, 0.3) is 0 Å². The van der Waals surface area contributed by atoms with Crippen molar-refractivity contribution in [3.8, 4) is 11.5 Å². The summed E-state index contributed by atoms with van der Waals surface area (Å²) in [5.74, 6) is -0.216. The second kappa shape index (κ2) is 10.6. The van der Waals surface area contributed by atoms with Crippen LogP contribution in [0, 0.1) is 0 Å². The number of ether oxygens (including phenoxy) is 2. The van der Waals surface area contributed by atoms with Crippen molar-refractivity contribution < 1.29 is 19.1 Å². The first-order valence-electron chi connectivity index (χ1n) is 8.60. The molecule has 2 N–H and O–H groups in total.